The second kappa shape index (κ2) is 12.3. The molecule has 12 aromatic rings. The van der Waals surface area contributed by atoms with Gasteiger partial charge < -0.3 is 13.4 Å². The minimum atomic E-state index is 0.562. The summed E-state index contributed by atoms with van der Waals surface area (Å²) in [6.07, 6.45) is 0. The Labute approximate surface area is 325 Å². The molecular weight excluding hydrogens is 701 g/mol. The van der Waals surface area contributed by atoms with Gasteiger partial charge in [-0.15, -0.1) is 0 Å². The van der Waals surface area contributed by atoms with E-state index in [0.717, 1.165) is 77.4 Å². The van der Waals surface area contributed by atoms with Crippen LogP contribution in [0.2, 0.25) is 0 Å². The summed E-state index contributed by atoms with van der Waals surface area (Å²) in [6, 6.07) is 62.8. The molecular formula is C51H30N4O2. The third-order valence-electron chi connectivity index (χ3n) is 11.1. The van der Waals surface area contributed by atoms with Crippen LogP contribution in [0.1, 0.15) is 0 Å². The molecule has 0 bridgehead atoms. The average molecular weight is 731 g/mol. The van der Waals surface area contributed by atoms with E-state index in [-0.39, 0.29) is 0 Å². The Balaban J connectivity index is 0.993. The third kappa shape index (κ3) is 5.01. The minimum Gasteiger partial charge on any atom is -0.456 e. The standard InChI is InChI=1S/C51H30N4O2/c1-3-12-31(13-4-1)49-52-50(33-23-26-39-38-17-8-10-21-44(38)56-46(39)29-33)54-51(53-49)34-24-27-41-40-25-22-32(28-45(40)57-47(41)30-34)36-18-11-19-42-37-16-7-9-20-43(37)55(48(36)42)35-14-5-2-6-15-35/h1-30H. The quantitative estimate of drug-likeness (QED) is 0.176. The van der Waals surface area contributed by atoms with Crippen LogP contribution >= 0.6 is 0 Å². The van der Waals surface area contributed by atoms with Crippen molar-refractivity contribution in [1.82, 2.24) is 19.5 Å². The molecule has 12 rings (SSSR count). The minimum absolute atomic E-state index is 0.562. The maximum Gasteiger partial charge on any atom is 0.164 e. The number of rotatable bonds is 5. The lowest BCUT2D eigenvalue weighted by Gasteiger charge is -2.11. The average Bonchev–Trinajstić information content (AvgIpc) is 3.95. The Morgan fingerprint density at radius 1 is 0.333 bits per heavy atom. The summed E-state index contributed by atoms with van der Waals surface area (Å²) in [7, 11) is 0. The Morgan fingerprint density at radius 3 is 1.51 bits per heavy atom. The smallest absolute Gasteiger partial charge is 0.164 e. The van der Waals surface area contributed by atoms with E-state index in [9.17, 15) is 0 Å². The second-order valence-corrected chi connectivity index (χ2v) is 14.4. The molecule has 6 heteroatoms. The third-order valence-corrected chi connectivity index (χ3v) is 11.1. The monoisotopic (exact) mass is 730 g/mol. The second-order valence-electron chi connectivity index (χ2n) is 14.4. The molecule has 0 fully saturated rings. The molecule has 57 heavy (non-hydrogen) atoms. The first-order chi connectivity index (χ1) is 28.2. The van der Waals surface area contributed by atoms with Crippen LogP contribution in [0.25, 0.3) is 117 Å². The van der Waals surface area contributed by atoms with Crippen molar-refractivity contribution in [3.05, 3.63) is 182 Å². The fourth-order valence-electron chi connectivity index (χ4n) is 8.40. The number of benzene rings is 8. The molecule has 8 aromatic carbocycles. The Kier molecular flexibility index (Phi) is 6.83. The molecule has 6 nitrogen and oxygen atoms in total. The normalized spacial score (nSPS) is 11.9. The van der Waals surface area contributed by atoms with Crippen LogP contribution in [0, 0.1) is 0 Å². The highest BCUT2D eigenvalue weighted by Crippen LogP contribution is 2.41. The van der Waals surface area contributed by atoms with Gasteiger partial charge in [0.2, 0.25) is 0 Å². The highest BCUT2D eigenvalue weighted by atomic mass is 16.3. The van der Waals surface area contributed by atoms with Crippen LogP contribution in [0.4, 0.5) is 0 Å². The zero-order valence-corrected chi connectivity index (χ0v) is 30.4. The van der Waals surface area contributed by atoms with Crippen molar-refractivity contribution < 1.29 is 8.83 Å². The highest BCUT2D eigenvalue weighted by Gasteiger charge is 2.19. The first kappa shape index (κ1) is 31.5. The zero-order chi connectivity index (χ0) is 37.5. The fraction of sp³-hybridized carbons (Fsp3) is 0. The molecule has 0 aliphatic rings. The van der Waals surface area contributed by atoms with Crippen molar-refractivity contribution in [3.8, 4) is 51.0 Å². The summed E-state index contributed by atoms with van der Waals surface area (Å²) in [4.78, 5) is 15.0. The largest absolute Gasteiger partial charge is 0.456 e. The summed E-state index contributed by atoms with van der Waals surface area (Å²) in [5.74, 6) is 1.72. The molecule has 0 saturated heterocycles. The van der Waals surface area contributed by atoms with Gasteiger partial charge in [-0.3, -0.25) is 0 Å². The summed E-state index contributed by atoms with van der Waals surface area (Å²) in [5.41, 5.74) is 11.5. The lowest BCUT2D eigenvalue weighted by molar-refractivity contribution is 0.669. The van der Waals surface area contributed by atoms with Crippen LogP contribution < -0.4 is 0 Å². The zero-order valence-electron chi connectivity index (χ0n) is 30.4. The molecule has 0 unspecified atom stereocenters. The fourth-order valence-corrected chi connectivity index (χ4v) is 8.40. The number of hydrogen-bond acceptors (Lipinski definition) is 5. The molecule has 0 amide bonds. The summed E-state index contributed by atoms with van der Waals surface area (Å²) in [5, 5.41) is 6.66. The number of furan rings is 2. The number of aromatic nitrogens is 4. The van der Waals surface area contributed by atoms with E-state index >= 15 is 0 Å². The van der Waals surface area contributed by atoms with E-state index in [0.29, 0.717) is 17.5 Å². The van der Waals surface area contributed by atoms with Crippen LogP contribution in [-0.4, -0.2) is 19.5 Å². The Hall–Kier alpha value is -7.83. The molecule has 0 atom stereocenters. The van der Waals surface area contributed by atoms with Gasteiger partial charge in [0.1, 0.15) is 22.3 Å². The van der Waals surface area contributed by atoms with Gasteiger partial charge in [-0.2, -0.15) is 0 Å². The van der Waals surface area contributed by atoms with Crippen molar-refractivity contribution in [1.29, 1.82) is 0 Å². The predicted octanol–water partition coefficient (Wildman–Crippen LogP) is 13.4. The Morgan fingerprint density at radius 2 is 0.825 bits per heavy atom. The highest BCUT2D eigenvalue weighted by molar-refractivity contribution is 6.15. The number of para-hydroxylation sites is 4. The van der Waals surface area contributed by atoms with Crippen molar-refractivity contribution in [3.63, 3.8) is 0 Å². The van der Waals surface area contributed by atoms with E-state index in [4.69, 9.17) is 23.8 Å². The topological polar surface area (TPSA) is 69.9 Å². The van der Waals surface area contributed by atoms with Gasteiger partial charge in [0.25, 0.3) is 0 Å². The molecule has 0 radical (unpaired) electrons. The maximum atomic E-state index is 6.68. The molecule has 0 N–H and O–H groups in total. The van der Waals surface area contributed by atoms with E-state index in [2.05, 4.69) is 126 Å². The van der Waals surface area contributed by atoms with Gasteiger partial charge in [0, 0.05) is 60.3 Å². The van der Waals surface area contributed by atoms with Crippen LogP contribution in [-0.2, 0) is 0 Å². The van der Waals surface area contributed by atoms with Crippen LogP contribution in [0.5, 0.6) is 0 Å². The van der Waals surface area contributed by atoms with Gasteiger partial charge in [-0.25, -0.2) is 15.0 Å². The van der Waals surface area contributed by atoms with E-state index in [1.54, 1.807) is 0 Å². The van der Waals surface area contributed by atoms with Crippen molar-refractivity contribution in [2.75, 3.05) is 0 Å². The number of hydrogen-bond donors (Lipinski definition) is 0. The van der Waals surface area contributed by atoms with Gasteiger partial charge in [-0.1, -0.05) is 121 Å². The maximum absolute atomic E-state index is 6.68. The Bertz CT molecular complexity index is 3530. The van der Waals surface area contributed by atoms with Crippen molar-refractivity contribution >= 4 is 65.7 Å². The predicted molar refractivity (Wildman–Crippen MR) is 230 cm³/mol. The summed E-state index contributed by atoms with van der Waals surface area (Å²) >= 11 is 0. The van der Waals surface area contributed by atoms with Gasteiger partial charge in [0.05, 0.1) is 11.0 Å². The molecule has 4 aromatic heterocycles. The van der Waals surface area contributed by atoms with E-state index in [1.165, 1.54) is 21.8 Å². The molecule has 266 valence electrons. The number of fused-ring (bicyclic) bond motifs is 9. The molecule has 0 spiro atoms. The molecule has 0 aliphatic carbocycles. The lowest BCUT2D eigenvalue weighted by Crippen LogP contribution is -2.00. The lowest BCUT2D eigenvalue weighted by atomic mass is 10.00. The van der Waals surface area contributed by atoms with E-state index < -0.39 is 0 Å². The first-order valence-corrected chi connectivity index (χ1v) is 19.0. The SMILES string of the molecule is c1ccc(-c2nc(-c3ccc4c(c3)oc3ccccc34)nc(-c3ccc4c(c3)oc3cc(-c5cccc6c7ccccc7n(-c7ccccc7)c56)ccc34)n2)cc1. The van der Waals surface area contributed by atoms with E-state index in [1.807, 2.05) is 60.7 Å². The van der Waals surface area contributed by atoms with Crippen LogP contribution in [0.3, 0.4) is 0 Å². The molecule has 0 aliphatic heterocycles. The number of nitrogens with zero attached hydrogens (tertiary/aromatic N) is 4. The van der Waals surface area contributed by atoms with Crippen LogP contribution in [0.15, 0.2) is 191 Å². The molecule has 0 saturated carbocycles. The summed E-state index contributed by atoms with van der Waals surface area (Å²) < 4.78 is 15.3. The first-order valence-electron chi connectivity index (χ1n) is 19.0. The van der Waals surface area contributed by atoms with Gasteiger partial charge >= 0.3 is 0 Å². The summed E-state index contributed by atoms with van der Waals surface area (Å²) in [6.45, 7) is 0. The van der Waals surface area contributed by atoms with Crippen molar-refractivity contribution in [2.24, 2.45) is 0 Å². The van der Waals surface area contributed by atoms with Gasteiger partial charge in [0.15, 0.2) is 17.5 Å². The molecule has 4 heterocycles. The van der Waals surface area contributed by atoms with Crippen molar-refractivity contribution in [2.45, 2.75) is 0 Å². The van der Waals surface area contributed by atoms with Gasteiger partial charge in [-0.05, 0) is 66.2 Å².